The zero-order valence-electron chi connectivity index (χ0n) is 10.9. The lowest BCUT2D eigenvalue weighted by molar-refractivity contribution is 0.147. The second kappa shape index (κ2) is 7.06. The number of nitrogens with one attached hydrogen (secondary N) is 1. The van der Waals surface area contributed by atoms with E-state index in [0.717, 1.165) is 6.42 Å². The lowest BCUT2D eigenvalue weighted by Gasteiger charge is -2.02. The maximum atomic E-state index is 11.2. The standard InChI is InChI=1S/C12H16N4O3/c1-3-7-19-12(18)14-6-4-5-9-8-16(2)11(17)15-10(9)13/h8H,3,6-7H2,1-2H3,(H,14,18)(H2,13,15,17). The number of hydrogen-bond donors (Lipinski definition) is 2. The van der Waals surface area contributed by atoms with Crippen LogP contribution >= 0.6 is 0 Å². The molecule has 7 heteroatoms. The fraction of sp³-hybridized carbons (Fsp3) is 0.417. The molecule has 0 saturated heterocycles. The molecule has 1 rings (SSSR count). The zero-order chi connectivity index (χ0) is 14.3. The molecular formula is C12H16N4O3. The van der Waals surface area contributed by atoms with Crippen LogP contribution < -0.4 is 16.7 Å². The smallest absolute Gasteiger partial charge is 0.407 e. The molecule has 1 heterocycles. The van der Waals surface area contributed by atoms with Crippen LogP contribution in [0.1, 0.15) is 18.9 Å². The van der Waals surface area contributed by atoms with E-state index in [-0.39, 0.29) is 12.4 Å². The third-order valence-electron chi connectivity index (χ3n) is 2.10. The number of carbonyl (C=O) groups is 1. The average molecular weight is 264 g/mol. The monoisotopic (exact) mass is 264 g/mol. The number of aryl methyl sites for hydroxylation is 1. The van der Waals surface area contributed by atoms with E-state index in [0.29, 0.717) is 12.2 Å². The van der Waals surface area contributed by atoms with Gasteiger partial charge in [0.1, 0.15) is 5.82 Å². The molecule has 0 atom stereocenters. The number of rotatable bonds is 3. The third kappa shape index (κ3) is 4.71. The van der Waals surface area contributed by atoms with Crippen molar-refractivity contribution in [1.29, 1.82) is 0 Å². The second-order valence-electron chi connectivity index (χ2n) is 3.72. The van der Waals surface area contributed by atoms with Crippen LogP contribution in [0.5, 0.6) is 0 Å². The molecule has 19 heavy (non-hydrogen) atoms. The van der Waals surface area contributed by atoms with Crippen molar-refractivity contribution < 1.29 is 9.53 Å². The van der Waals surface area contributed by atoms with E-state index in [1.807, 2.05) is 6.92 Å². The summed E-state index contributed by atoms with van der Waals surface area (Å²) in [5.41, 5.74) is 5.55. The van der Waals surface area contributed by atoms with Gasteiger partial charge in [0.25, 0.3) is 0 Å². The number of nitrogens with zero attached hydrogens (tertiary/aromatic N) is 2. The topological polar surface area (TPSA) is 99.2 Å². The highest BCUT2D eigenvalue weighted by molar-refractivity contribution is 5.67. The fourth-order valence-electron chi connectivity index (χ4n) is 1.16. The van der Waals surface area contributed by atoms with Crippen LogP contribution in [0.25, 0.3) is 0 Å². The van der Waals surface area contributed by atoms with Gasteiger partial charge in [-0.15, -0.1) is 0 Å². The van der Waals surface area contributed by atoms with Crippen LogP contribution in [0.4, 0.5) is 10.6 Å². The molecule has 0 unspecified atom stereocenters. The molecule has 0 aliphatic heterocycles. The molecule has 0 radical (unpaired) electrons. The van der Waals surface area contributed by atoms with Gasteiger partial charge in [0.05, 0.1) is 18.7 Å². The third-order valence-corrected chi connectivity index (χ3v) is 2.10. The molecule has 7 nitrogen and oxygen atoms in total. The Morgan fingerprint density at radius 2 is 2.37 bits per heavy atom. The van der Waals surface area contributed by atoms with Crippen molar-refractivity contribution in [1.82, 2.24) is 14.9 Å². The van der Waals surface area contributed by atoms with Crippen LogP contribution in [-0.2, 0) is 11.8 Å². The maximum absolute atomic E-state index is 11.2. The first-order valence-corrected chi connectivity index (χ1v) is 5.77. The van der Waals surface area contributed by atoms with Crippen LogP contribution in [0.2, 0.25) is 0 Å². The molecule has 0 spiro atoms. The minimum atomic E-state index is -0.511. The van der Waals surface area contributed by atoms with Crippen molar-refractivity contribution >= 4 is 11.9 Å². The number of hydrogen-bond acceptors (Lipinski definition) is 5. The van der Waals surface area contributed by atoms with Crippen molar-refractivity contribution in [3.05, 3.63) is 22.2 Å². The van der Waals surface area contributed by atoms with Gasteiger partial charge in [-0.3, -0.25) is 0 Å². The molecule has 0 bridgehead atoms. The summed E-state index contributed by atoms with van der Waals surface area (Å²) in [4.78, 5) is 25.9. The Labute approximate surface area is 110 Å². The number of alkyl carbamates (subject to hydrolysis) is 1. The highest BCUT2D eigenvalue weighted by Crippen LogP contribution is 2.01. The number of carbonyl (C=O) groups excluding carboxylic acids is 1. The lowest BCUT2D eigenvalue weighted by atomic mass is 10.3. The van der Waals surface area contributed by atoms with E-state index in [4.69, 9.17) is 10.5 Å². The van der Waals surface area contributed by atoms with Crippen molar-refractivity contribution in [2.24, 2.45) is 7.05 Å². The number of ether oxygens (including phenoxy) is 1. The molecule has 102 valence electrons. The number of nitrogen functional groups attached to an aromatic ring is 1. The predicted molar refractivity (Wildman–Crippen MR) is 70.4 cm³/mol. The van der Waals surface area contributed by atoms with Gasteiger partial charge in [-0.1, -0.05) is 18.8 Å². The summed E-state index contributed by atoms with van der Waals surface area (Å²) in [5, 5.41) is 2.47. The van der Waals surface area contributed by atoms with E-state index in [2.05, 4.69) is 22.1 Å². The minimum absolute atomic E-state index is 0.0733. The van der Waals surface area contributed by atoms with Gasteiger partial charge in [-0.2, -0.15) is 4.98 Å². The molecular weight excluding hydrogens is 248 g/mol. The molecule has 1 aromatic heterocycles. The molecule has 3 N–H and O–H groups in total. The number of aromatic nitrogens is 2. The largest absolute Gasteiger partial charge is 0.450 e. The van der Waals surface area contributed by atoms with Crippen molar-refractivity contribution in [2.45, 2.75) is 13.3 Å². The van der Waals surface area contributed by atoms with Crippen molar-refractivity contribution in [3.63, 3.8) is 0 Å². The average Bonchev–Trinajstić information content (AvgIpc) is 2.37. The molecule has 0 aliphatic rings. The van der Waals surface area contributed by atoms with Gasteiger partial charge < -0.3 is 20.4 Å². The first-order chi connectivity index (χ1) is 9.04. The summed E-state index contributed by atoms with van der Waals surface area (Å²) in [6.45, 7) is 2.41. The Bertz CT molecular complexity index is 569. The van der Waals surface area contributed by atoms with Crippen molar-refractivity contribution in [2.75, 3.05) is 18.9 Å². The Kier molecular flexibility index (Phi) is 5.41. The SMILES string of the molecule is CCCOC(=O)NCC#Cc1cn(C)c(=O)nc1N. The van der Waals surface area contributed by atoms with Crippen LogP contribution in [0.15, 0.2) is 11.0 Å². The zero-order valence-corrected chi connectivity index (χ0v) is 10.9. The van der Waals surface area contributed by atoms with Crippen LogP contribution in [-0.4, -0.2) is 28.8 Å². The molecule has 0 aliphatic carbocycles. The van der Waals surface area contributed by atoms with Gasteiger partial charge in [-0.05, 0) is 6.42 Å². The summed E-state index contributed by atoms with van der Waals surface area (Å²) in [5.74, 6) is 5.50. The predicted octanol–water partition coefficient (Wildman–Crippen LogP) is -0.150. The van der Waals surface area contributed by atoms with E-state index < -0.39 is 11.8 Å². The summed E-state index contributed by atoms with van der Waals surface area (Å²) in [6, 6.07) is 0. The molecule has 0 fully saturated rings. The summed E-state index contributed by atoms with van der Waals surface area (Å²) >= 11 is 0. The molecule has 0 aromatic carbocycles. The van der Waals surface area contributed by atoms with E-state index in [1.165, 1.54) is 10.8 Å². The summed E-state index contributed by atoms with van der Waals surface area (Å²) in [6.07, 6.45) is 1.74. The van der Waals surface area contributed by atoms with Gasteiger partial charge in [-0.25, -0.2) is 9.59 Å². The molecule has 1 amide bonds. The van der Waals surface area contributed by atoms with Gasteiger partial charge in [0.15, 0.2) is 0 Å². The number of nitrogens with two attached hydrogens (primary N) is 1. The lowest BCUT2D eigenvalue weighted by Crippen LogP contribution is -2.25. The summed E-state index contributed by atoms with van der Waals surface area (Å²) in [7, 11) is 1.56. The maximum Gasteiger partial charge on any atom is 0.407 e. The van der Waals surface area contributed by atoms with Crippen molar-refractivity contribution in [3.8, 4) is 11.8 Å². The fourth-order valence-corrected chi connectivity index (χ4v) is 1.16. The highest BCUT2D eigenvalue weighted by atomic mass is 16.5. The van der Waals surface area contributed by atoms with Gasteiger partial charge in [0.2, 0.25) is 0 Å². The van der Waals surface area contributed by atoms with E-state index >= 15 is 0 Å². The van der Waals surface area contributed by atoms with Crippen LogP contribution in [0.3, 0.4) is 0 Å². The second-order valence-corrected chi connectivity index (χ2v) is 3.72. The molecule has 1 aromatic rings. The normalized spacial score (nSPS) is 9.37. The molecule has 0 saturated carbocycles. The summed E-state index contributed by atoms with van der Waals surface area (Å²) < 4.78 is 6.08. The Hall–Kier alpha value is -2.49. The first kappa shape index (κ1) is 14.6. The first-order valence-electron chi connectivity index (χ1n) is 5.77. The van der Waals surface area contributed by atoms with Gasteiger partial charge in [0, 0.05) is 13.2 Å². The quantitative estimate of drug-likeness (QED) is 0.740. The van der Waals surface area contributed by atoms with Gasteiger partial charge >= 0.3 is 11.8 Å². The Morgan fingerprint density at radius 1 is 1.63 bits per heavy atom. The van der Waals surface area contributed by atoms with Crippen LogP contribution in [0, 0.1) is 11.8 Å². The van der Waals surface area contributed by atoms with E-state index in [9.17, 15) is 9.59 Å². The minimum Gasteiger partial charge on any atom is -0.450 e. The highest BCUT2D eigenvalue weighted by Gasteiger charge is 2.00. The Balaban J connectivity index is 2.57. The number of anilines is 1. The van der Waals surface area contributed by atoms with E-state index in [1.54, 1.807) is 7.05 Å². The number of amides is 1. The Morgan fingerprint density at radius 3 is 3.05 bits per heavy atom.